The Morgan fingerprint density at radius 3 is 2.39 bits per heavy atom. The monoisotopic (exact) mass is 320 g/mol. The van der Waals surface area contributed by atoms with Gasteiger partial charge in [-0.05, 0) is 50.6 Å². The molecule has 1 fully saturated rings. The lowest BCUT2D eigenvalue weighted by molar-refractivity contribution is -0.126. The first-order chi connectivity index (χ1) is 11.1. The van der Waals surface area contributed by atoms with E-state index in [4.69, 9.17) is 4.74 Å². The minimum atomic E-state index is -0.707. The molecule has 1 saturated heterocycles. The molecule has 1 aromatic rings. The van der Waals surface area contributed by atoms with E-state index < -0.39 is 6.10 Å². The lowest BCUT2D eigenvalue weighted by Gasteiger charge is -2.27. The lowest BCUT2D eigenvalue weighted by atomic mass is 10.1. The number of hydrogen-bond acceptors (Lipinski definition) is 4. The molecule has 2 atom stereocenters. The number of nitrogens with one attached hydrogen (secondary N) is 1. The van der Waals surface area contributed by atoms with Crippen LogP contribution in [-0.2, 0) is 4.79 Å². The van der Waals surface area contributed by atoms with Crippen LogP contribution in [0, 0.1) is 0 Å². The molecule has 0 radical (unpaired) electrons. The third kappa shape index (κ3) is 5.22. The molecule has 2 rings (SSSR count). The number of ether oxygens (including phenoxy) is 1. The summed E-state index contributed by atoms with van der Waals surface area (Å²) in [7, 11) is 1.61. The third-order valence-electron chi connectivity index (χ3n) is 4.54. The van der Waals surface area contributed by atoms with Crippen LogP contribution in [0.2, 0.25) is 0 Å². The SMILES string of the molecule is COc1ccc(C(O)CNC(=O)C(C)N2CCCCCC2)cc1. The van der Waals surface area contributed by atoms with Gasteiger partial charge in [-0.15, -0.1) is 0 Å². The van der Waals surface area contributed by atoms with Gasteiger partial charge in [-0.25, -0.2) is 0 Å². The molecule has 2 N–H and O–H groups in total. The topological polar surface area (TPSA) is 61.8 Å². The second-order valence-electron chi connectivity index (χ2n) is 6.16. The van der Waals surface area contributed by atoms with Gasteiger partial charge in [0.05, 0.1) is 19.3 Å². The van der Waals surface area contributed by atoms with Gasteiger partial charge >= 0.3 is 0 Å². The summed E-state index contributed by atoms with van der Waals surface area (Å²) in [5.41, 5.74) is 0.772. The van der Waals surface area contributed by atoms with Crippen LogP contribution in [-0.4, -0.2) is 48.7 Å². The Kier molecular flexibility index (Phi) is 6.86. The molecule has 1 aliphatic heterocycles. The minimum absolute atomic E-state index is 0.0144. The molecule has 128 valence electrons. The van der Waals surface area contributed by atoms with Crippen molar-refractivity contribution in [2.75, 3.05) is 26.7 Å². The Balaban J connectivity index is 1.82. The van der Waals surface area contributed by atoms with Crippen LogP contribution >= 0.6 is 0 Å². The molecule has 0 bridgehead atoms. The number of carbonyl (C=O) groups excluding carboxylic acids is 1. The lowest BCUT2D eigenvalue weighted by Crippen LogP contribution is -2.46. The van der Waals surface area contributed by atoms with Gasteiger partial charge in [0.25, 0.3) is 0 Å². The normalized spacial score (nSPS) is 18.7. The van der Waals surface area contributed by atoms with Crippen LogP contribution in [0.1, 0.15) is 44.3 Å². The highest BCUT2D eigenvalue weighted by Gasteiger charge is 2.22. The van der Waals surface area contributed by atoms with Crippen LogP contribution in [0.15, 0.2) is 24.3 Å². The van der Waals surface area contributed by atoms with Crippen LogP contribution in [0.25, 0.3) is 0 Å². The van der Waals surface area contributed by atoms with Gasteiger partial charge < -0.3 is 15.2 Å². The number of rotatable bonds is 6. The highest BCUT2D eigenvalue weighted by molar-refractivity contribution is 5.81. The number of likely N-dealkylation sites (tertiary alicyclic amines) is 1. The molecular weight excluding hydrogens is 292 g/mol. The van der Waals surface area contributed by atoms with Crippen molar-refractivity contribution in [1.29, 1.82) is 0 Å². The van der Waals surface area contributed by atoms with E-state index in [1.54, 1.807) is 19.2 Å². The summed E-state index contributed by atoms with van der Waals surface area (Å²) in [6.45, 7) is 4.13. The van der Waals surface area contributed by atoms with Crippen molar-refractivity contribution < 1.29 is 14.6 Å². The van der Waals surface area contributed by atoms with Gasteiger partial charge in [0, 0.05) is 6.54 Å². The van der Waals surface area contributed by atoms with E-state index in [2.05, 4.69) is 10.2 Å². The van der Waals surface area contributed by atoms with Gasteiger partial charge in [-0.1, -0.05) is 25.0 Å². The Hall–Kier alpha value is -1.59. The first kappa shape index (κ1) is 17.8. The van der Waals surface area contributed by atoms with Crippen molar-refractivity contribution in [3.63, 3.8) is 0 Å². The van der Waals surface area contributed by atoms with Crippen molar-refractivity contribution in [2.45, 2.75) is 44.8 Å². The molecule has 5 heteroatoms. The second kappa shape index (κ2) is 8.89. The fraction of sp³-hybridized carbons (Fsp3) is 0.611. The average Bonchev–Trinajstić information content (AvgIpc) is 2.88. The molecule has 5 nitrogen and oxygen atoms in total. The zero-order valence-corrected chi connectivity index (χ0v) is 14.1. The smallest absolute Gasteiger partial charge is 0.237 e. The predicted octanol–water partition coefficient (Wildman–Crippen LogP) is 2.11. The molecule has 1 aromatic carbocycles. The van der Waals surface area contributed by atoms with Gasteiger partial charge in [0.2, 0.25) is 5.91 Å². The summed E-state index contributed by atoms with van der Waals surface area (Å²) < 4.78 is 5.10. The number of benzene rings is 1. The molecule has 0 aromatic heterocycles. The number of methoxy groups -OCH3 is 1. The zero-order chi connectivity index (χ0) is 16.7. The maximum absolute atomic E-state index is 12.3. The standard InChI is InChI=1S/C18H28N2O3/c1-14(20-11-5-3-4-6-12-20)18(22)19-13-17(21)15-7-9-16(23-2)10-8-15/h7-10,14,17,21H,3-6,11-13H2,1-2H3,(H,19,22). The highest BCUT2D eigenvalue weighted by atomic mass is 16.5. The summed E-state index contributed by atoms with van der Waals surface area (Å²) in [4.78, 5) is 14.5. The quantitative estimate of drug-likeness (QED) is 0.843. The number of amides is 1. The predicted molar refractivity (Wildman–Crippen MR) is 90.5 cm³/mol. The number of nitrogens with zero attached hydrogens (tertiary/aromatic N) is 1. The van der Waals surface area contributed by atoms with E-state index in [0.717, 1.165) is 37.2 Å². The van der Waals surface area contributed by atoms with E-state index in [1.165, 1.54) is 12.8 Å². The highest BCUT2D eigenvalue weighted by Crippen LogP contribution is 2.17. The fourth-order valence-corrected chi connectivity index (χ4v) is 2.94. The van der Waals surface area contributed by atoms with Crippen molar-refractivity contribution in [1.82, 2.24) is 10.2 Å². The molecule has 1 heterocycles. The number of aliphatic hydroxyl groups is 1. The maximum Gasteiger partial charge on any atom is 0.237 e. The largest absolute Gasteiger partial charge is 0.497 e. The molecule has 0 aliphatic carbocycles. The van der Waals surface area contributed by atoms with E-state index in [9.17, 15) is 9.90 Å². The van der Waals surface area contributed by atoms with Crippen LogP contribution < -0.4 is 10.1 Å². The average molecular weight is 320 g/mol. The number of aliphatic hydroxyl groups excluding tert-OH is 1. The van der Waals surface area contributed by atoms with Crippen LogP contribution in [0.5, 0.6) is 5.75 Å². The minimum Gasteiger partial charge on any atom is -0.497 e. The molecule has 0 saturated carbocycles. The molecule has 23 heavy (non-hydrogen) atoms. The molecule has 1 aliphatic rings. The summed E-state index contributed by atoms with van der Waals surface area (Å²) in [5.74, 6) is 0.735. The summed E-state index contributed by atoms with van der Waals surface area (Å²) in [5, 5.41) is 13.1. The first-order valence-corrected chi connectivity index (χ1v) is 8.45. The molecule has 2 unspecified atom stereocenters. The second-order valence-corrected chi connectivity index (χ2v) is 6.16. The molecular formula is C18H28N2O3. The van der Waals surface area contributed by atoms with Gasteiger partial charge in [0.15, 0.2) is 0 Å². The van der Waals surface area contributed by atoms with E-state index in [1.807, 2.05) is 19.1 Å². The summed E-state index contributed by atoms with van der Waals surface area (Å²) in [6.07, 6.45) is 4.11. The van der Waals surface area contributed by atoms with Gasteiger partial charge in [-0.3, -0.25) is 9.69 Å². The van der Waals surface area contributed by atoms with Crippen molar-refractivity contribution >= 4 is 5.91 Å². The summed E-state index contributed by atoms with van der Waals surface area (Å²) >= 11 is 0. The van der Waals surface area contributed by atoms with Crippen molar-refractivity contribution in [3.05, 3.63) is 29.8 Å². The number of hydrogen-bond donors (Lipinski definition) is 2. The zero-order valence-electron chi connectivity index (χ0n) is 14.1. The Morgan fingerprint density at radius 1 is 1.22 bits per heavy atom. The molecule has 1 amide bonds. The van der Waals surface area contributed by atoms with E-state index >= 15 is 0 Å². The van der Waals surface area contributed by atoms with Crippen molar-refractivity contribution in [2.24, 2.45) is 0 Å². The fourth-order valence-electron chi connectivity index (χ4n) is 2.94. The maximum atomic E-state index is 12.3. The van der Waals surface area contributed by atoms with E-state index in [-0.39, 0.29) is 18.5 Å². The van der Waals surface area contributed by atoms with Crippen LogP contribution in [0.4, 0.5) is 0 Å². The van der Waals surface area contributed by atoms with Gasteiger partial charge in [0.1, 0.15) is 5.75 Å². The van der Waals surface area contributed by atoms with E-state index in [0.29, 0.717) is 0 Å². The Morgan fingerprint density at radius 2 is 1.83 bits per heavy atom. The Bertz CT molecular complexity index is 482. The molecule has 0 spiro atoms. The van der Waals surface area contributed by atoms with Crippen LogP contribution in [0.3, 0.4) is 0 Å². The van der Waals surface area contributed by atoms with Crippen molar-refractivity contribution in [3.8, 4) is 5.75 Å². The summed E-state index contributed by atoms with van der Waals surface area (Å²) in [6, 6.07) is 7.10. The Labute approximate surface area is 138 Å². The first-order valence-electron chi connectivity index (χ1n) is 8.45. The number of carbonyl (C=O) groups is 1. The van der Waals surface area contributed by atoms with Gasteiger partial charge in [-0.2, -0.15) is 0 Å². The third-order valence-corrected chi connectivity index (χ3v) is 4.54.